The first-order valence-electron chi connectivity index (χ1n) is 5.22. The number of furan rings is 1. The molecule has 0 saturated heterocycles. The van der Waals surface area contributed by atoms with Crippen LogP contribution in [0.25, 0.3) is 0 Å². The van der Waals surface area contributed by atoms with Crippen LogP contribution in [0.4, 0.5) is 0 Å². The summed E-state index contributed by atoms with van der Waals surface area (Å²) in [6.07, 6.45) is 3.50. The summed E-state index contributed by atoms with van der Waals surface area (Å²) in [6.45, 7) is 11.1. The van der Waals surface area contributed by atoms with Gasteiger partial charge in [0.25, 0.3) is 0 Å². The molecule has 0 saturated carbocycles. The van der Waals surface area contributed by atoms with Gasteiger partial charge in [0.2, 0.25) is 0 Å². The Morgan fingerprint density at radius 2 is 2.14 bits per heavy atom. The smallest absolute Gasteiger partial charge is 0.0947 e. The van der Waals surface area contributed by atoms with Crippen LogP contribution in [0.2, 0.25) is 0 Å². The molecular weight excluding hydrogens is 174 g/mol. The van der Waals surface area contributed by atoms with Gasteiger partial charge in [-0.15, -0.1) is 0 Å². The third kappa shape index (κ3) is 3.54. The molecule has 0 aliphatic heterocycles. The average Bonchev–Trinajstić information content (AvgIpc) is 2.55. The topological polar surface area (TPSA) is 25.2 Å². The van der Waals surface area contributed by atoms with Crippen LogP contribution in [0.1, 0.15) is 33.3 Å². The van der Waals surface area contributed by atoms with Crippen LogP contribution in [0.15, 0.2) is 23.0 Å². The summed E-state index contributed by atoms with van der Waals surface area (Å²) in [5.74, 6) is 0.675. The molecule has 0 amide bonds. The summed E-state index contributed by atoms with van der Waals surface area (Å²) in [5.41, 5.74) is 1.59. The van der Waals surface area contributed by atoms with Crippen molar-refractivity contribution in [1.29, 1.82) is 0 Å². The molecule has 1 aromatic heterocycles. The second-order valence-corrected chi connectivity index (χ2v) is 5.03. The van der Waals surface area contributed by atoms with Gasteiger partial charge in [0.15, 0.2) is 0 Å². The first-order chi connectivity index (χ1) is 6.50. The van der Waals surface area contributed by atoms with E-state index in [9.17, 15) is 0 Å². The zero-order chi connectivity index (χ0) is 10.6. The van der Waals surface area contributed by atoms with Crippen LogP contribution in [0, 0.1) is 11.3 Å². The summed E-state index contributed by atoms with van der Waals surface area (Å²) in [7, 11) is 0. The minimum atomic E-state index is 0.378. The van der Waals surface area contributed by atoms with E-state index in [1.165, 1.54) is 5.56 Å². The van der Waals surface area contributed by atoms with Gasteiger partial charge < -0.3 is 9.73 Å². The molecule has 80 valence electrons. The SMILES string of the molecule is CC(CNCc1ccoc1)C(C)(C)C. The van der Waals surface area contributed by atoms with Crippen molar-refractivity contribution in [1.82, 2.24) is 5.32 Å². The van der Waals surface area contributed by atoms with Gasteiger partial charge >= 0.3 is 0 Å². The zero-order valence-corrected chi connectivity index (χ0v) is 9.63. The van der Waals surface area contributed by atoms with E-state index < -0.39 is 0 Å². The van der Waals surface area contributed by atoms with Crippen molar-refractivity contribution in [3.05, 3.63) is 24.2 Å². The van der Waals surface area contributed by atoms with Gasteiger partial charge in [0, 0.05) is 12.1 Å². The fourth-order valence-electron chi connectivity index (χ4n) is 1.13. The summed E-state index contributed by atoms with van der Waals surface area (Å²) in [4.78, 5) is 0. The molecule has 1 heterocycles. The van der Waals surface area contributed by atoms with Crippen molar-refractivity contribution < 1.29 is 4.42 Å². The Balaban J connectivity index is 2.22. The van der Waals surface area contributed by atoms with Gasteiger partial charge in [-0.25, -0.2) is 0 Å². The zero-order valence-electron chi connectivity index (χ0n) is 9.63. The molecule has 2 nitrogen and oxygen atoms in total. The molecule has 0 aliphatic carbocycles. The highest BCUT2D eigenvalue weighted by atomic mass is 16.3. The largest absolute Gasteiger partial charge is 0.472 e. The quantitative estimate of drug-likeness (QED) is 0.798. The number of hydrogen-bond acceptors (Lipinski definition) is 2. The summed E-state index contributed by atoms with van der Waals surface area (Å²) >= 11 is 0. The lowest BCUT2D eigenvalue weighted by molar-refractivity contribution is 0.252. The molecule has 0 spiro atoms. The molecule has 1 rings (SSSR count). The molecule has 1 N–H and O–H groups in total. The van der Waals surface area contributed by atoms with E-state index in [2.05, 4.69) is 33.0 Å². The Bertz CT molecular complexity index is 246. The van der Waals surface area contributed by atoms with Crippen LogP contribution < -0.4 is 5.32 Å². The van der Waals surface area contributed by atoms with Gasteiger partial charge in [-0.3, -0.25) is 0 Å². The molecule has 0 bridgehead atoms. The van der Waals surface area contributed by atoms with Crippen LogP contribution in [-0.2, 0) is 6.54 Å². The highest BCUT2D eigenvalue weighted by Gasteiger charge is 2.18. The minimum absolute atomic E-state index is 0.378. The summed E-state index contributed by atoms with van der Waals surface area (Å²) in [6, 6.07) is 1.99. The summed E-state index contributed by atoms with van der Waals surface area (Å²) in [5, 5.41) is 3.43. The van der Waals surface area contributed by atoms with Gasteiger partial charge in [-0.2, -0.15) is 0 Å². The summed E-state index contributed by atoms with van der Waals surface area (Å²) < 4.78 is 5.00. The molecular formula is C12H21NO. The third-order valence-corrected chi connectivity index (χ3v) is 2.84. The number of nitrogens with one attached hydrogen (secondary N) is 1. The molecule has 14 heavy (non-hydrogen) atoms. The molecule has 0 aliphatic rings. The molecule has 1 unspecified atom stereocenters. The maximum Gasteiger partial charge on any atom is 0.0947 e. The van der Waals surface area contributed by atoms with Crippen molar-refractivity contribution >= 4 is 0 Å². The normalized spacial score (nSPS) is 14.3. The fraction of sp³-hybridized carbons (Fsp3) is 0.667. The highest BCUT2D eigenvalue weighted by Crippen LogP contribution is 2.24. The first kappa shape index (κ1) is 11.3. The molecule has 1 atom stereocenters. The second kappa shape index (κ2) is 4.65. The maximum absolute atomic E-state index is 5.00. The number of hydrogen-bond donors (Lipinski definition) is 1. The monoisotopic (exact) mass is 195 g/mol. The predicted octanol–water partition coefficient (Wildman–Crippen LogP) is 3.05. The van der Waals surface area contributed by atoms with E-state index in [1.54, 1.807) is 12.5 Å². The van der Waals surface area contributed by atoms with E-state index in [0.29, 0.717) is 11.3 Å². The van der Waals surface area contributed by atoms with Crippen molar-refractivity contribution in [3.63, 3.8) is 0 Å². The lowest BCUT2D eigenvalue weighted by Crippen LogP contribution is -2.29. The van der Waals surface area contributed by atoms with Gasteiger partial charge in [0.05, 0.1) is 12.5 Å². The first-order valence-corrected chi connectivity index (χ1v) is 5.22. The predicted molar refractivity (Wildman–Crippen MR) is 59.0 cm³/mol. The van der Waals surface area contributed by atoms with Crippen LogP contribution in [0.3, 0.4) is 0 Å². The van der Waals surface area contributed by atoms with Crippen molar-refractivity contribution in [2.75, 3.05) is 6.54 Å². The Hall–Kier alpha value is -0.760. The molecule has 0 radical (unpaired) electrons. The van der Waals surface area contributed by atoms with Crippen molar-refractivity contribution in [2.24, 2.45) is 11.3 Å². The molecule has 1 aromatic rings. The van der Waals surface area contributed by atoms with E-state index in [1.807, 2.05) is 6.07 Å². The van der Waals surface area contributed by atoms with E-state index in [0.717, 1.165) is 13.1 Å². The molecule has 2 heteroatoms. The maximum atomic E-state index is 5.00. The third-order valence-electron chi connectivity index (χ3n) is 2.84. The van der Waals surface area contributed by atoms with Gasteiger partial charge in [0.1, 0.15) is 0 Å². The van der Waals surface area contributed by atoms with Crippen molar-refractivity contribution in [3.8, 4) is 0 Å². The van der Waals surface area contributed by atoms with Crippen LogP contribution in [0.5, 0.6) is 0 Å². The van der Waals surface area contributed by atoms with Crippen molar-refractivity contribution in [2.45, 2.75) is 34.2 Å². The Labute approximate surface area is 86.7 Å². The van der Waals surface area contributed by atoms with E-state index in [4.69, 9.17) is 4.42 Å². The number of rotatable bonds is 4. The van der Waals surface area contributed by atoms with Gasteiger partial charge in [-0.1, -0.05) is 27.7 Å². The standard InChI is InChI=1S/C12H21NO/c1-10(12(2,3)4)7-13-8-11-5-6-14-9-11/h5-6,9-10,13H,7-8H2,1-4H3. The van der Waals surface area contributed by atoms with Crippen LogP contribution in [-0.4, -0.2) is 6.54 Å². The minimum Gasteiger partial charge on any atom is -0.472 e. The Morgan fingerprint density at radius 1 is 1.43 bits per heavy atom. The molecule has 0 aromatic carbocycles. The lowest BCUT2D eigenvalue weighted by Gasteiger charge is -2.27. The molecule has 0 fully saturated rings. The Morgan fingerprint density at radius 3 is 2.64 bits per heavy atom. The second-order valence-electron chi connectivity index (χ2n) is 5.03. The Kier molecular flexibility index (Phi) is 3.76. The van der Waals surface area contributed by atoms with Crippen LogP contribution >= 0.6 is 0 Å². The lowest BCUT2D eigenvalue weighted by atomic mass is 9.82. The average molecular weight is 195 g/mol. The van der Waals surface area contributed by atoms with E-state index in [-0.39, 0.29) is 0 Å². The highest BCUT2D eigenvalue weighted by molar-refractivity contribution is 5.04. The fourth-order valence-corrected chi connectivity index (χ4v) is 1.13. The van der Waals surface area contributed by atoms with E-state index >= 15 is 0 Å². The van der Waals surface area contributed by atoms with Gasteiger partial charge in [-0.05, 0) is 23.9 Å².